The van der Waals surface area contributed by atoms with E-state index in [2.05, 4.69) is 41.1 Å². The monoisotopic (exact) mass is 526 g/mol. The zero-order valence-corrected chi connectivity index (χ0v) is 20.6. The van der Waals surface area contributed by atoms with Crippen molar-refractivity contribution < 1.29 is 13.5 Å². The van der Waals surface area contributed by atoms with E-state index in [1.807, 2.05) is 31.2 Å². The first kappa shape index (κ1) is 27.1. The molecule has 0 aliphatic heterocycles. The van der Waals surface area contributed by atoms with Crippen LogP contribution >= 0.6 is 24.0 Å². The summed E-state index contributed by atoms with van der Waals surface area (Å²) in [4.78, 5) is 4.38. The van der Waals surface area contributed by atoms with E-state index in [-0.39, 0.29) is 48.2 Å². The molecular weight excluding hydrogens is 491 g/mol. The van der Waals surface area contributed by atoms with Crippen LogP contribution in [0.4, 0.5) is 0 Å². The van der Waals surface area contributed by atoms with Gasteiger partial charge in [-0.15, -0.1) is 24.0 Å². The summed E-state index contributed by atoms with van der Waals surface area (Å²) < 4.78 is 25.3. The van der Waals surface area contributed by atoms with E-state index < -0.39 is 16.1 Å². The summed E-state index contributed by atoms with van der Waals surface area (Å²) in [5, 5.41) is 16.5. The van der Waals surface area contributed by atoms with Crippen LogP contribution in [-0.2, 0) is 15.4 Å². The van der Waals surface area contributed by atoms with E-state index in [1.165, 1.54) is 5.56 Å². The molecule has 9 heteroatoms. The smallest absolute Gasteiger partial charge is 0.211 e. The number of aliphatic imine (C=N–C) groups is 1. The summed E-state index contributed by atoms with van der Waals surface area (Å²) in [7, 11) is -3.20. The minimum atomic E-state index is -3.20. The molecule has 0 aliphatic carbocycles. The van der Waals surface area contributed by atoms with Gasteiger partial charge < -0.3 is 15.7 Å². The maximum absolute atomic E-state index is 11.4. The number of sulfonamides is 1. The number of aliphatic hydroxyl groups excluding tert-OH is 1. The van der Waals surface area contributed by atoms with Gasteiger partial charge in [0.25, 0.3) is 0 Å². The fourth-order valence-corrected chi connectivity index (χ4v) is 2.94. The van der Waals surface area contributed by atoms with Crippen LogP contribution < -0.4 is 15.4 Å². The average Bonchev–Trinajstić information content (AvgIpc) is 2.62. The summed E-state index contributed by atoms with van der Waals surface area (Å²) in [6, 6.07) is 7.93. The summed E-state index contributed by atoms with van der Waals surface area (Å²) in [5.41, 5.74) is 2.10. The van der Waals surface area contributed by atoms with E-state index >= 15 is 0 Å². The molecular formula is C19H35IN4O3S. The molecule has 1 rings (SSSR count). The van der Waals surface area contributed by atoms with Crippen molar-refractivity contribution in [3.8, 4) is 0 Å². The lowest BCUT2D eigenvalue weighted by Gasteiger charge is -2.20. The van der Waals surface area contributed by atoms with Gasteiger partial charge in [-0.2, -0.15) is 0 Å². The highest BCUT2D eigenvalue weighted by Gasteiger charge is 2.14. The molecule has 0 aromatic heterocycles. The van der Waals surface area contributed by atoms with Crippen LogP contribution in [0.2, 0.25) is 0 Å². The molecule has 0 radical (unpaired) electrons. The lowest BCUT2D eigenvalue weighted by molar-refractivity contribution is 0.187. The summed E-state index contributed by atoms with van der Waals surface area (Å²) in [6.45, 7) is 11.6. The van der Waals surface area contributed by atoms with Crippen LogP contribution in [0.3, 0.4) is 0 Å². The van der Waals surface area contributed by atoms with E-state index in [1.54, 1.807) is 6.92 Å². The molecule has 1 aromatic rings. The number of halogens is 1. The lowest BCUT2D eigenvalue weighted by Crippen LogP contribution is -2.42. The third kappa shape index (κ3) is 10.0. The molecule has 0 amide bonds. The molecule has 0 saturated carbocycles. The maximum atomic E-state index is 11.4. The summed E-state index contributed by atoms with van der Waals surface area (Å²) in [6.07, 6.45) is -0.701. The van der Waals surface area contributed by atoms with Crippen LogP contribution in [0.5, 0.6) is 0 Å². The molecule has 162 valence electrons. The number of benzene rings is 1. The highest BCUT2D eigenvalue weighted by atomic mass is 127. The van der Waals surface area contributed by atoms with Gasteiger partial charge in [0.1, 0.15) is 0 Å². The van der Waals surface area contributed by atoms with Gasteiger partial charge in [0.2, 0.25) is 10.0 Å². The van der Waals surface area contributed by atoms with E-state index in [0.717, 1.165) is 5.56 Å². The summed E-state index contributed by atoms with van der Waals surface area (Å²) in [5.74, 6) is 0.597. The highest BCUT2D eigenvalue weighted by molar-refractivity contribution is 14.0. The number of hydrogen-bond donors (Lipinski definition) is 4. The molecule has 0 fully saturated rings. The van der Waals surface area contributed by atoms with Gasteiger partial charge >= 0.3 is 0 Å². The molecule has 7 nitrogen and oxygen atoms in total. The van der Waals surface area contributed by atoms with E-state index in [9.17, 15) is 13.5 Å². The lowest BCUT2D eigenvalue weighted by atomic mass is 9.86. The molecule has 0 aliphatic rings. The van der Waals surface area contributed by atoms with Crippen molar-refractivity contribution in [1.29, 1.82) is 0 Å². The van der Waals surface area contributed by atoms with E-state index in [4.69, 9.17) is 0 Å². The molecule has 28 heavy (non-hydrogen) atoms. The molecule has 0 heterocycles. The molecule has 1 unspecified atom stereocenters. The van der Waals surface area contributed by atoms with E-state index in [0.29, 0.717) is 19.0 Å². The Morgan fingerprint density at radius 3 is 2.21 bits per heavy atom. The minimum Gasteiger partial charge on any atom is -0.386 e. The third-order valence-electron chi connectivity index (χ3n) is 4.05. The predicted octanol–water partition coefficient (Wildman–Crippen LogP) is 2.13. The van der Waals surface area contributed by atoms with Crippen molar-refractivity contribution in [3.63, 3.8) is 0 Å². The van der Waals surface area contributed by atoms with Gasteiger partial charge in [0.05, 0.1) is 18.4 Å². The van der Waals surface area contributed by atoms with Crippen LogP contribution in [0.25, 0.3) is 0 Å². The number of nitrogens with one attached hydrogen (secondary N) is 3. The largest absolute Gasteiger partial charge is 0.386 e. The Labute approximate surface area is 186 Å². The number of nitrogens with zero attached hydrogens (tertiary/aromatic N) is 1. The Hall–Kier alpha value is -0.910. The van der Waals surface area contributed by atoms with Gasteiger partial charge in [-0.1, -0.05) is 45.0 Å². The molecule has 0 spiro atoms. The number of hydrogen-bond acceptors (Lipinski definition) is 4. The van der Waals surface area contributed by atoms with Gasteiger partial charge in [-0.3, -0.25) is 4.99 Å². The van der Waals surface area contributed by atoms with Crippen molar-refractivity contribution in [2.45, 2.75) is 46.1 Å². The Kier molecular flexibility index (Phi) is 12.2. The van der Waals surface area contributed by atoms with Crippen LogP contribution in [0.15, 0.2) is 29.3 Å². The molecule has 4 N–H and O–H groups in total. The SMILES string of the molecule is CCNC(=NCC(O)c1ccc(C(C)(C)C)cc1)NCCNS(=O)(=O)CC.I. The quantitative estimate of drug-likeness (QED) is 0.171. The minimum absolute atomic E-state index is 0. The first-order chi connectivity index (χ1) is 12.6. The van der Waals surface area contributed by atoms with Crippen molar-refractivity contribution in [3.05, 3.63) is 35.4 Å². The Bertz CT molecular complexity index is 701. The normalized spacial score (nSPS) is 13.6. The zero-order chi connectivity index (χ0) is 20.5. The Balaban J connectivity index is 0.00000729. The van der Waals surface area contributed by atoms with Crippen molar-refractivity contribution in [2.24, 2.45) is 4.99 Å². The molecule has 0 bridgehead atoms. The second-order valence-corrected chi connectivity index (χ2v) is 9.43. The predicted molar refractivity (Wildman–Crippen MR) is 127 cm³/mol. The first-order valence-electron chi connectivity index (χ1n) is 9.37. The Morgan fingerprint density at radius 2 is 1.71 bits per heavy atom. The standard InChI is InChI=1S/C19H34N4O3S.HI/c1-6-20-18(21-12-13-23-27(25,26)7-2)22-14-17(24)15-8-10-16(11-9-15)19(3,4)5;/h8-11,17,23-24H,6-7,12-14H2,1-5H3,(H2,20,21,22);1H. The second-order valence-electron chi connectivity index (χ2n) is 7.33. The zero-order valence-electron chi connectivity index (χ0n) is 17.4. The maximum Gasteiger partial charge on any atom is 0.211 e. The highest BCUT2D eigenvalue weighted by Crippen LogP contribution is 2.24. The van der Waals surface area contributed by atoms with Gasteiger partial charge in [0, 0.05) is 19.6 Å². The van der Waals surface area contributed by atoms with Gasteiger partial charge in [-0.05, 0) is 30.4 Å². The topological polar surface area (TPSA) is 103 Å². The summed E-state index contributed by atoms with van der Waals surface area (Å²) >= 11 is 0. The van der Waals surface area contributed by atoms with Crippen molar-refractivity contribution in [2.75, 3.05) is 31.9 Å². The molecule has 1 aromatic carbocycles. The Morgan fingerprint density at radius 1 is 1.11 bits per heavy atom. The molecule has 1 atom stereocenters. The second kappa shape index (κ2) is 12.6. The fourth-order valence-electron chi connectivity index (χ4n) is 2.32. The van der Waals surface area contributed by atoms with Crippen molar-refractivity contribution in [1.82, 2.24) is 15.4 Å². The average molecular weight is 526 g/mol. The number of rotatable bonds is 9. The van der Waals surface area contributed by atoms with Crippen LogP contribution in [-0.4, -0.2) is 51.4 Å². The van der Waals surface area contributed by atoms with Gasteiger partial charge in [-0.25, -0.2) is 13.1 Å². The van der Waals surface area contributed by atoms with Crippen LogP contribution in [0.1, 0.15) is 51.8 Å². The van der Waals surface area contributed by atoms with Crippen LogP contribution in [0, 0.1) is 0 Å². The molecule has 0 saturated heterocycles. The van der Waals surface area contributed by atoms with Gasteiger partial charge in [0.15, 0.2) is 5.96 Å². The third-order valence-corrected chi connectivity index (χ3v) is 5.45. The number of aliphatic hydroxyl groups is 1. The first-order valence-corrected chi connectivity index (χ1v) is 11.0. The number of guanidine groups is 1. The van der Waals surface area contributed by atoms with Crippen molar-refractivity contribution >= 4 is 40.0 Å². The fraction of sp³-hybridized carbons (Fsp3) is 0.632.